The molecule has 0 saturated heterocycles. The van der Waals surface area contributed by atoms with Gasteiger partial charge in [0.1, 0.15) is 5.75 Å². The van der Waals surface area contributed by atoms with Crippen molar-refractivity contribution in [1.29, 1.82) is 0 Å². The van der Waals surface area contributed by atoms with E-state index in [2.05, 4.69) is 18.8 Å². The summed E-state index contributed by atoms with van der Waals surface area (Å²) in [4.78, 5) is 27.8. The van der Waals surface area contributed by atoms with Gasteiger partial charge >= 0.3 is 41.5 Å². The Bertz CT molecular complexity index is 655. The number of rotatable bonds is 20. The molecular weight excluding hydrogens is 461 g/mol. The van der Waals surface area contributed by atoms with Crippen LogP contribution in [0, 0.1) is 0 Å². The van der Waals surface area contributed by atoms with Crippen molar-refractivity contribution in [3.63, 3.8) is 0 Å². The summed E-state index contributed by atoms with van der Waals surface area (Å²) < 4.78 is 40.8. The molecule has 1 atom stereocenters. The first kappa shape index (κ1) is 34.5. The largest absolute Gasteiger partial charge is 1.00 e. The summed E-state index contributed by atoms with van der Waals surface area (Å²) in [7, 11) is -4.59. The predicted octanol–water partition coefficient (Wildman–Crippen LogP) is 0.203. The van der Waals surface area contributed by atoms with E-state index in [0.29, 0.717) is 12.8 Å². The number of carbonyl (C=O) groups is 2. The molecule has 0 radical (unpaired) electrons. The van der Waals surface area contributed by atoms with Crippen molar-refractivity contribution in [1.82, 2.24) is 0 Å². The van der Waals surface area contributed by atoms with Gasteiger partial charge in [-0.3, -0.25) is 14.3 Å². The van der Waals surface area contributed by atoms with E-state index in [1.54, 1.807) is 0 Å². The first-order valence-corrected chi connectivity index (χ1v) is 13.3. The average Bonchev–Trinajstić information content (AvgIpc) is 2.70. The van der Waals surface area contributed by atoms with Crippen molar-refractivity contribution < 1.29 is 66.7 Å². The van der Waals surface area contributed by atoms with Crippen molar-refractivity contribution in [2.24, 2.45) is 4.99 Å². The summed E-state index contributed by atoms with van der Waals surface area (Å²) in [5.74, 6) is -4.10. The standard InChI is InChI=1S/C22H41NO8S.Na/c1-3-5-7-9-11-13-15-30-21(25)17-19(23-20(24)18-32(27,28)29)22(26)31-16-14-12-10-8-6-4-2;/h19H,3-18H2,1-2H3,(H,23,24)(H,27,28,29);/q;+1/p-1. The molecule has 188 valence electrons. The van der Waals surface area contributed by atoms with E-state index < -0.39 is 46.2 Å². The van der Waals surface area contributed by atoms with E-state index in [1.165, 1.54) is 6.42 Å². The summed E-state index contributed by atoms with van der Waals surface area (Å²) in [6, 6.07) is -1.50. The average molecular weight is 502 g/mol. The number of esters is 2. The molecule has 0 aliphatic rings. The van der Waals surface area contributed by atoms with E-state index in [9.17, 15) is 23.1 Å². The zero-order valence-electron chi connectivity index (χ0n) is 20.6. The Labute approximate surface area is 221 Å². The van der Waals surface area contributed by atoms with E-state index in [1.807, 2.05) is 0 Å². The van der Waals surface area contributed by atoms with Gasteiger partial charge in [-0.15, -0.1) is 0 Å². The Morgan fingerprint density at radius 3 is 1.79 bits per heavy atom. The molecule has 0 aliphatic carbocycles. The van der Waals surface area contributed by atoms with Crippen LogP contribution in [0.5, 0.6) is 0 Å². The molecule has 11 heteroatoms. The third-order valence-electron chi connectivity index (χ3n) is 4.74. The molecule has 0 saturated carbocycles. The van der Waals surface area contributed by atoms with Crippen LogP contribution in [0.15, 0.2) is 4.99 Å². The molecule has 0 aromatic heterocycles. The fraction of sp³-hybridized carbons (Fsp3) is 0.864. The summed E-state index contributed by atoms with van der Waals surface area (Å²) in [6.07, 6.45) is 11.5. The predicted molar refractivity (Wildman–Crippen MR) is 121 cm³/mol. The molecule has 0 spiro atoms. The number of hydrogen-bond donors (Lipinski definition) is 1. The summed E-state index contributed by atoms with van der Waals surface area (Å²) in [6.45, 7) is 4.57. The minimum Gasteiger partial charge on any atom is -0.861 e. The smallest absolute Gasteiger partial charge is 0.861 e. The second-order valence-corrected chi connectivity index (χ2v) is 9.35. The minimum absolute atomic E-state index is 0. The number of hydrogen-bond acceptors (Lipinski definition) is 8. The van der Waals surface area contributed by atoms with Crippen molar-refractivity contribution in [2.75, 3.05) is 19.0 Å². The zero-order valence-corrected chi connectivity index (χ0v) is 23.4. The molecular formula is C22H40NNaO8S. The second kappa shape index (κ2) is 21.8. The Morgan fingerprint density at radius 1 is 0.848 bits per heavy atom. The normalized spacial score (nSPS) is 12.6. The van der Waals surface area contributed by atoms with Crippen LogP contribution in [0.1, 0.15) is 97.3 Å². The van der Waals surface area contributed by atoms with Crippen LogP contribution in [0.2, 0.25) is 0 Å². The van der Waals surface area contributed by atoms with Crippen LogP contribution in [0.3, 0.4) is 0 Å². The number of nitrogens with zero attached hydrogens (tertiary/aromatic N) is 1. The molecule has 0 bridgehead atoms. The molecule has 0 heterocycles. The van der Waals surface area contributed by atoms with Gasteiger partial charge in [0.25, 0.3) is 10.1 Å². The fourth-order valence-electron chi connectivity index (χ4n) is 2.99. The van der Waals surface area contributed by atoms with Crippen LogP contribution in [-0.2, 0) is 29.2 Å². The van der Waals surface area contributed by atoms with E-state index in [0.717, 1.165) is 57.8 Å². The van der Waals surface area contributed by atoms with E-state index in [-0.39, 0.29) is 42.8 Å². The van der Waals surface area contributed by atoms with Gasteiger partial charge in [0.15, 0.2) is 6.04 Å². The first-order chi connectivity index (χ1) is 15.2. The molecule has 9 nitrogen and oxygen atoms in total. The molecule has 0 aromatic carbocycles. The number of ether oxygens (including phenoxy) is 2. The third-order valence-corrected chi connectivity index (χ3v) is 5.35. The van der Waals surface area contributed by atoms with Crippen LogP contribution in [-0.4, -0.2) is 55.8 Å². The van der Waals surface area contributed by atoms with Gasteiger partial charge in [0, 0.05) is 0 Å². The quantitative estimate of drug-likeness (QED) is 0.0623. The van der Waals surface area contributed by atoms with Crippen molar-refractivity contribution >= 4 is 28.0 Å². The van der Waals surface area contributed by atoms with E-state index >= 15 is 0 Å². The van der Waals surface area contributed by atoms with Crippen molar-refractivity contribution in [3.8, 4) is 0 Å². The van der Waals surface area contributed by atoms with Gasteiger partial charge in [-0.2, -0.15) is 8.42 Å². The topological polar surface area (TPSA) is 142 Å². The third kappa shape index (κ3) is 22.9. The molecule has 1 N–H and O–H groups in total. The van der Waals surface area contributed by atoms with Crippen LogP contribution in [0.25, 0.3) is 0 Å². The van der Waals surface area contributed by atoms with Crippen LogP contribution >= 0.6 is 0 Å². The van der Waals surface area contributed by atoms with Crippen molar-refractivity contribution in [3.05, 3.63) is 0 Å². The molecule has 0 rings (SSSR count). The summed E-state index contributed by atoms with van der Waals surface area (Å²) >= 11 is 0. The molecule has 1 unspecified atom stereocenters. The monoisotopic (exact) mass is 501 g/mol. The Kier molecular flexibility index (Phi) is 22.8. The zero-order chi connectivity index (χ0) is 24.2. The summed E-state index contributed by atoms with van der Waals surface area (Å²) in [5.41, 5.74) is 0. The number of aliphatic imine (C=N–C) groups is 1. The number of unbranched alkanes of at least 4 members (excludes halogenated alkanes) is 10. The van der Waals surface area contributed by atoms with Gasteiger partial charge < -0.3 is 14.6 Å². The van der Waals surface area contributed by atoms with Gasteiger partial charge in [-0.1, -0.05) is 78.1 Å². The van der Waals surface area contributed by atoms with Gasteiger partial charge in [-0.05, 0) is 18.7 Å². The Hall–Kier alpha value is -0.680. The maximum atomic E-state index is 12.3. The molecule has 33 heavy (non-hydrogen) atoms. The maximum absolute atomic E-state index is 12.3. The van der Waals surface area contributed by atoms with Gasteiger partial charge in [0.2, 0.25) is 0 Å². The summed E-state index contributed by atoms with van der Waals surface area (Å²) in [5, 5.41) is 11.8. The van der Waals surface area contributed by atoms with Gasteiger partial charge in [0.05, 0.1) is 19.6 Å². The SMILES string of the molecule is CCCCCCCCOC(=O)CC(N=C([O-])CS(=O)(=O)O)C(=O)OCCCCCCCC.[Na+]. The maximum Gasteiger partial charge on any atom is 1.00 e. The van der Waals surface area contributed by atoms with Crippen molar-refractivity contribution in [2.45, 2.75) is 103 Å². The van der Waals surface area contributed by atoms with Gasteiger partial charge in [-0.25, -0.2) is 4.79 Å². The minimum atomic E-state index is -4.59. The Balaban J connectivity index is 0. The second-order valence-electron chi connectivity index (χ2n) is 7.89. The first-order valence-electron chi connectivity index (χ1n) is 11.7. The van der Waals surface area contributed by atoms with Crippen LogP contribution < -0.4 is 34.7 Å². The molecule has 0 aliphatic heterocycles. The van der Waals surface area contributed by atoms with Crippen LogP contribution in [0.4, 0.5) is 0 Å². The van der Waals surface area contributed by atoms with E-state index in [4.69, 9.17) is 14.0 Å². The number of carbonyl (C=O) groups excluding carboxylic acids is 2. The fourth-order valence-corrected chi connectivity index (χ4v) is 3.37. The molecule has 0 amide bonds. The molecule has 0 fully saturated rings. The Morgan fingerprint density at radius 2 is 1.30 bits per heavy atom. The molecule has 0 aromatic rings.